The fraction of sp³-hybridized carbons (Fsp3) is 0.143. The van der Waals surface area contributed by atoms with Crippen LogP contribution in [0.25, 0.3) is 0 Å². The quantitative estimate of drug-likeness (QED) is 0.455. The van der Waals surface area contributed by atoms with E-state index in [1.54, 1.807) is 37.4 Å². The maximum atomic E-state index is 13.1. The van der Waals surface area contributed by atoms with Crippen LogP contribution in [-0.2, 0) is 0 Å². The van der Waals surface area contributed by atoms with E-state index in [0.29, 0.717) is 28.3 Å². The van der Waals surface area contributed by atoms with Crippen LogP contribution in [0.1, 0.15) is 33.3 Å². The van der Waals surface area contributed by atoms with Gasteiger partial charge in [-0.05, 0) is 29.6 Å². The number of nitro benzene ring substituents is 1. The molecule has 8 heteroatoms. The van der Waals surface area contributed by atoms with Crippen molar-refractivity contribution in [3.05, 3.63) is 92.2 Å². The minimum absolute atomic E-state index is 0.0297. The second kappa shape index (κ2) is 7.84. The van der Waals surface area contributed by atoms with Crippen LogP contribution in [0.4, 0.5) is 5.69 Å². The van der Waals surface area contributed by atoms with Gasteiger partial charge >= 0.3 is 0 Å². The molecule has 3 aromatic rings. The van der Waals surface area contributed by atoms with Gasteiger partial charge in [0, 0.05) is 18.1 Å². The number of thiophene rings is 1. The molecular weight excluding hydrogens is 390 g/mol. The van der Waals surface area contributed by atoms with E-state index < -0.39 is 11.0 Å². The molecule has 1 aliphatic heterocycles. The number of carbonyl (C=O) groups is 1. The zero-order valence-corrected chi connectivity index (χ0v) is 16.3. The zero-order valence-electron chi connectivity index (χ0n) is 15.5. The Morgan fingerprint density at radius 1 is 1.17 bits per heavy atom. The number of carbonyl (C=O) groups excluding carboxylic acids is 1. The van der Waals surface area contributed by atoms with Crippen LogP contribution in [-0.4, -0.2) is 28.7 Å². The van der Waals surface area contributed by atoms with Gasteiger partial charge in [-0.15, -0.1) is 11.3 Å². The number of amides is 1. The molecule has 0 aliphatic carbocycles. The van der Waals surface area contributed by atoms with Gasteiger partial charge in [-0.1, -0.05) is 30.3 Å². The van der Waals surface area contributed by atoms with Gasteiger partial charge in [0.15, 0.2) is 0 Å². The van der Waals surface area contributed by atoms with E-state index in [2.05, 4.69) is 5.10 Å². The monoisotopic (exact) mass is 407 g/mol. The van der Waals surface area contributed by atoms with E-state index in [1.165, 1.54) is 22.4 Å². The summed E-state index contributed by atoms with van der Waals surface area (Å²) in [6, 6.07) is 16.8. The molecule has 1 amide bonds. The number of ether oxygens (including phenoxy) is 1. The van der Waals surface area contributed by atoms with Crippen LogP contribution in [0, 0.1) is 10.1 Å². The number of hydrogen-bond acceptors (Lipinski definition) is 6. The highest BCUT2D eigenvalue weighted by molar-refractivity contribution is 7.12. The number of rotatable bonds is 5. The van der Waals surface area contributed by atoms with Gasteiger partial charge < -0.3 is 4.74 Å². The molecule has 146 valence electrons. The molecule has 0 N–H and O–H groups in total. The third-order valence-corrected chi connectivity index (χ3v) is 5.62. The van der Waals surface area contributed by atoms with Gasteiger partial charge in [0.2, 0.25) is 0 Å². The summed E-state index contributed by atoms with van der Waals surface area (Å²) in [6.07, 6.45) is 0.350. The summed E-state index contributed by atoms with van der Waals surface area (Å²) in [6.45, 7) is 0. The number of hydrogen-bond donors (Lipinski definition) is 0. The molecule has 1 atom stereocenters. The predicted octanol–water partition coefficient (Wildman–Crippen LogP) is 4.66. The Morgan fingerprint density at radius 3 is 2.66 bits per heavy atom. The summed E-state index contributed by atoms with van der Waals surface area (Å²) >= 11 is 1.31. The Hall–Kier alpha value is -3.52. The number of benzene rings is 2. The van der Waals surface area contributed by atoms with Gasteiger partial charge in [0.25, 0.3) is 11.6 Å². The molecule has 0 spiro atoms. The highest BCUT2D eigenvalue weighted by atomic mass is 32.1. The third kappa shape index (κ3) is 3.50. The lowest BCUT2D eigenvalue weighted by molar-refractivity contribution is -0.385. The first-order valence-electron chi connectivity index (χ1n) is 8.91. The standard InChI is InChI=1S/C21H17N3O4S/c1-28-19-10-5-3-7-14(19)16-13-18(15-8-2-4-9-17(15)24(26)27)23(22-16)21(25)20-11-6-12-29-20/h2-12,18H,13H2,1H3/t18-/m0/s1. The molecule has 2 aromatic carbocycles. The molecule has 0 radical (unpaired) electrons. The first-order chi connectivity index (χ1) is 14.1. The average molecular weight is 407 g/mol. The molecule has 2 heterocycles. The number of hydrazone groups is 1. The lowest BCUT2D eigenvalue weighted by Crippen LogP contribution is -2.26. The summed E-state index contributed by atoms with van der Waals surface area (Å²) < 4.78 is 5.44. The second-order valence-corrected chi connectivity index (χ2v) is 7.36. The maximum Gasteiger partial charge on any atom is 0.284 e. The van der Waals surface area contributed by atoms with Crippen molar-refractivity contribution in [1.82, 2.24) is 5.01 Å². The first-order valence-corrected chi connectivity index (χ1v) is 9.79. The Balaban J connectivity index is 1.81. The Labute approximate surface area is 171 Å². The van der Waals surface area contributed by atoms with Crippen molar-refractivity contribution < 1.29 is 14.5 Å². The molecule has 4 rings (SSSR count). The zero-order chi connectivity index (χ0) is 20.4. The summed E-state index contributed by atoms with van der Waals surface area (Å²) in [5.41, 5.74) is 1.84. The summed E-state index contributed by atoms with van der Waals surface area (Å²) in [4.78, 5) is 24.8. The molecule has 0 saturated carbocycles. The molecule has 0 fully saturated rings. The van der Waals surface area contributed by atoms with Crippen LogP contribution in [0.2, 0.25) is 0 Å². The normalized spacial score (nSPS) is 15.8. The van der Waals surface area contributed by atoms with Gasteiger partial charge in [-0.2, -0.15) is 5.10 Å². The van der Waals surface area contributed by atoms with Gasteiger partial charge in [0.05, 0.1) is 34.2 Å². The van der Waals surface area contributed by atoms with Gasteiger partial charge in [0.1, 0.15) is 5.75 Å². The fourth-order valence-corrected chi connectivity index (χ4v) is 4.09. The lowest BCUT2D eigenvalue weighted by Gasteiger charge is -2.21. The smallest absolute Gasteiger partial charge is 0.284 e. The molecular formula is C21H17N3O4S. The highest BCUT2D eigenvalue weighted by Gasteiger charge is 2.37. The van der Waals surface area contributed by atoms with Crippen molar-refractivity contribution >= 4 is 28.6 Å². The first kappa shape index (κ1) is 18.8. The average Bonchev–Trinajstić information content (AvgIpc) is 3.43. The molecule has 0 saturated heterocycles. The predicted molar refractivity (Wildman–Crippen MR) is 110 cm³/mol. The Morgan fingerprint density at radius 2 is 1.93 bits per heavy atom. The molecule has 0 unspecified atom stereocenters. The highest BCUT2D eigenvalue weighted by Crippen LogP contribution is 2.39. The Kier molecular flexibility index (Phi) is 5.09. The van der Waals surface area contributed by atoms with Gasteiger partial charge in [-0.25, -0.2) is 5.01 Å². The Bertz CT molecular complexity index is 1090. The van der Waals surface area contributed by atoms with Crippen LogP contribution in [0.5, 0.6) is 5.75 Å². The number of para-hydroxylation sites is 2. The van der Waals surface area contributed by atoms with E-state index in [1.807, 2.05) is 29.6 Å². The molecule has 1 aliphatic rings. The van der Waals surface area contributed by atoms with E-state index in [9.17, 15) is 14.9 Å². The minimum Gasteiger partial charge on any atom is -0.496 e. The van der Waals surface area contributed by atoms with Crippen molar-refractivity contribution in [2.45, 2.75) is 12.5 Å². The van der Waals surface area contributed by atoms with E-state index in [4.69, 9.17) is 4.74 Å². The summed E-state index contributed by atoms with van der Waals surface area (Å²) in [5.74, 6) is 0.353. The van der Waals surface area contributed by atoms with Crippen LogP contribution in [0.15, 0.2) is 71.1 Å². The molecule has 7 nitrogen and oxygen atoms in total. The third-order valence-electron chi connectivity index (χ3n) is 4.76. The number of nitrogens with zero attached hydrogens (tertiary/aromatic N) is 3. The van der Waals surface area contributed by atoms with Crippen molar-refractivity contribution in [3.63, 3.8) is 0 Å². The summed E-state index contributed by atoms with van der Waals surface area (Å²) in [5, 5.41) is 19.3. The topological polar surface area (TPSA) is 85.0 Å². The second-order valence-electron chi connectivity index (χ2n) is 6.41. The minimum atomic E-state index is -0.578. The van der Waals surface area contributed by atoms with E-state index >= 15 is 0 Å². The number of nitro groups is 1. The van der Waals surface area contributed by atoms with E-state index in [0.717, 1.165) is 5.56 Å². The van der Waals surface area contributed by atoms with Crippen LogP contribution in [0.3, 0.4) is 0 Å². The van der Waals surface area contributed by atoms with Crippen molar-refractivity contribution in [2.75, 3.05) is 7.11 Å². The fourth-order valence-electron chi connectivity index (χ4n) is 3.43. The molecule has 0 bridgehead atoms. The molecule has 1 aromatic heterocycles. The molecule has 29 heavy (non-hydrogen) atoms. The van der Waals surface area contributed by atoms with Crippen LogP contribution < -0.4 is 4.74 Å². The van der Waals surface area contributed by atoms with E-state index in [-0.39, 0.29) is 11.6 Å². The maximum absolute atomic E-state index is 13.1. The van der Waals surface area contributed by atoms with Crippen molar-refractivity contribution in [1.29, 1.82) is 0 Å². The van der Waals surface area contributed by atoms with Crippen LogP contribution >= 0.6 is 11.3 Å². The number of methoxy groups -OCH3 is 1. The largest absolute Gasteiger partial charge is 0.496 e. The van der Waals surface area contributed by atoms with Crippen molar-refractivity contribution in [2.24, 2.45) is 5.10 Å². The lowest BCUT2D eigenvalue weighted by atomic mass is 9.96. The van der Waals surface area contributed by atoms with Gasteiger partial charge in [-0.3, -0.25) is 14.9 Å². The van der Waals surface area contributed by atoms with Crippen molar-refractivity contribution in [3.8, 4) is 5.75 Å². The SMILES string of the molecule is COc1ccccc1C1=NN(C(=O)c2cccs2)[C@H](c2ccccc2[N+](=O)[O-])C1. The summed E-state index contributed by atoms with van der Waals surface area (Å²) in [7, 11) is 1.57.